The van der Waals surface area contributed by atoms with Gasteiger partial charge in [-0.15, -0.1) is 0 Å². The number of aromatic nitrogens is 3. The van der Waals surface area contributed by atoms with Crippen LogP contribution in [0.5, 0.6) is 0 Å². The molecule has 1 aliphatic heterocycles. The normalized spacial score (nSPS) is 15.3. The van der Waals surface area contributed by atoms with Crippen LogP contribution >= 0.6 is 0 Å². The standard InChI is InChI=1S/C25H26N4O2S.H3N/c30-32(31)23-6-4-5-21(15-23)24-17-27-29-18-22(16-26-25(24)29)20-9-7-19(8-10-20)11-14-28-12-2-1-3-13-28;/h4-10,15-18H,1-3,11-14H2,(H,30,31);1H3/p+1. The van der Waals surface area contributed by atoms with E-state index in [1.54, 1.807) is 28.9 Å². The molecular formula is C25H30N5O2S+. The van der Waals surface area contributed by atoms with Crippen molar-refractivity contribution >= 4 is 16.7 Å². The first kappa shape index (κ1) is 23.3. The van der Waals surface area contributed by atoms with Gasteiger partial charge >= 0.3 is 0 Å². The average molecular weight is 465 g/mol. The van der Waals surface area contributed by atoms with Gasteiger partial charge in [-0.25, -0.2) is 9.50 Å². The fraction of sp³-hybridized carbons (Fsp3) is 0.280. The second-order valence-electron chi connectivity index (χ2n) is 8.34. The highest BCUT2D eigenvalue weighted by Gasteiger charge is 2.13. The Morgan fingerprint density at radius 2 is 1.73 bits per heavy atom. The molecule has 1 aliphatic rings. The molecule has 0 aliphatic carbocycles. The first-order valence-corrected chi connectivity index (χ1v) is 12.3. The van der Waals surface area contributed by atoms with Gasteiger partial charge in [0.2, 0.25) is 11.1 Å². The van der Waals surface area contributed by atoms with Crippen LogP contribution in [0.1, 0.15) is 24.8 Å². The molecular weight excluding hydrogens is 434 g/mol. The van der Waals surface area contributed by atoms with Gasteiger partial charge in [-0.1, -0.05) is 47.0 Å². The molecule has 1 fully saturated rings. The van der Waals surface area contributed by atoms with Gasteiger partial charge in [0.25, 0.3) is 0 Å². The molecule has 5 rings (SSSR count). The van der Waals surface area contributed by atoms with E-state index in [2.05, 4.69) is 39.2 Å². The maximum Gasteiger partial charge on any atom is 0.235 e. The second-order valence-corrected chi connectivity index (χ2v) is 9.40. The fourth-order valence-electron chi connectivity index (χ4n) is 4.35. The van der Waals surface area contributed by atoms with E-state index in [0.717, 1.165) is 40.9 Å². The van der Waals surface area contributed by atoms with E-state index in [-0.39, 0.29) is 6.15 Å². The SMILES string of the molecule is N.O=[SH+](O)c1cccc(-c2cnn3cc(-c4ccc(CCN5CCCCC5)cc4)cnc23)c1. The number of nitrogens with zero attached hydrogens (tertiary/aromatic N) is 4. The van der Waals surface area contributed by atoms with E-state index >= 15 is 0 Å². The van der Waals surface area contributed by atoms with Gasteiger partial charge in [-0.3, -0.25) is 0 Å². The number of benzene rings is 2. The van der Waals surface area contributed by atoms with Crippen LogP contribution in [0.25, 0.3) is 27.9 Å². The summed E-state index contributed by atoms with van der Waals surface area (Å²) >= 11 is -2.38. The summed E-state index contributed by atoms with van der Waals surface area (Å²) in [4.78, 5) is 7.61. The predicted octanol–water partition coefficient (Wildman–Crippen LogP) is 4.78. The largest absolute Gasteiger partial charge is 0.344 e. The predicted molar refractivity (Wildman–Crippen MR) is 133 cm³/mol. The van der Waals surface area contributed by atoms with E-state index in [1.807, 2.05) is 18.5 Å². The third kappa shape index (κ3) is 5.20. The summed E-state index contributed by atoms with van der Waals surface area (Å²) in [6, 6.07) is 15.8. The quantitative estimate of drug-likeness (QED) is 0.314. The van der Waals surface area contributed by atoms with Gasteiger partial charge in [0.05, 0.1) is 6.20 Å². The van der Waals surface area contributed by atoms with Crippen LogP contribution in [0, 0.1) is 0 Å². The minimum atomic E-state index is -2.38. The number of rotatable bonds is 6. The number of piperidine rings is 1. The maximum atomic E-state index is 11.4. The summed E-state index contributed by atoms with van der Waals surface area (Å²) in [5.41, 5.74) is 5.85. The highest BCUT2D eigenvalue weighted by molar-refractivity contribution is 7.79. The molecule has 2 aromatic carbocycles. The van der Waals surface area contributed by atoms with E-state index in [4.69, 9.17) is 0 Å². The molecule has 0 saturated carbocycles. The summed E-state index contributed by atoms with van der Waals surface area (Å²) in [7, 11) is 0. The van der Waals surface area contributed by atoms with Crippen molar-refractivity contribution in [3.8, 4) is 22.3 Å². The molecule has 0 amide bonds. The van der Waals surface area contributed by atoms with Crippen molar-refractivity contribution in [2.24, 2.45) is 0 Å². The van der Waals surface area contributed by atoms with Crippen molar-refractivity contribution in [1.29, 1.82) is 0 Å². The Balaban J connectivity index is 0.00000259. The van der Waals surface area contributed by atoms with Crippen LogP contribution in [-0.2, 0) is 21.7 Å². The number of thiol groups is 1. The zero-order chi connectivity index (χ0) is 21.9. The smallest absolute Gasteiger partial charge is 0.235 e. The lowest BCUT2D eigenvalue weighted by Gasteiger charge is -2.26. The highest BCUT2D eigenvalue weighted by atomic mass is 32.2. The Hall–Kier alpha value is -2.91. The van der Waals surface area contributed by atoms with Gasteiger partial charge in [-0.2, -0.15) is 9.65 Å². The molecule has 2 aromatic heterocycles. The van der Waals surface area contributed by atoms with E-state index in [1.165, 1.54) is 37.9 Å². The molecule has 172 valence electrons. The molecule has 0 radical (unpaired) electrons. The van der Waals surface area contributed by atoms with E-state index in [0.29, 0.717) is 4.90 Å². The zero-order valence-corrected chi connectivity index (χ0v) is 19.5. The van der Waals surface area contributed by atoms with E-state index < -0.39 is 11.1 Å². The monoisotopic (exact) mass is 464 g/mol. The van der Waals surface area contributed by atoms with Crippen molar-refractivity contribution in [1.82, 2.24) is 25.6 Å². The van der Waals surface area contributed by atoms with Crippen molar-refractivity contribution in [3.05, 3.63) is 72.7 Å². The molecule has 4 aromatic rings. The minimum absolute atomic E-state index is 0. The molecule has 7 nitrogen and oxygen atoms in total. The van der Waals surface area contributed by atoms with Crippen LogP contribution in [0.3, 0.4) is 0 Å². The Bertz CT molecular complexity index is 1250. The summed E-state index contributed by atoms with van der Waals surface area (Å²) in [6.45, 7) is 3.60. The summed E-state index contributed by atoms with van der Waals surface area (Å²) in [6.07, 6.45) is 10.7. The van der Waals surface area contributed by atoms with Gasteiger partial charge in [0.15, 0.2) is 10.5 Å². The Morgan fingerprint density at radius 1 is 0.939 bits per heavy atom. The Kier molecular flexibility index (Phi) is 7.29. The molecule has 1 atom stereocenters. The molecule has 0 bridgehead atoms. The molecule has 33 heavy (non-hydrogen) atoms. The van der Waals surface area contributed by atoms with Crippen LogP contribution in [0.4, 0.5) is 0 Å². The van der Waals surface area contributed by atoms with Crippen molar-refractivity contribution in [2.45, 2.75) is 30.6 Å². The van der Waals surface area contributed by atoms with Crippen LogP contribution in [0.15, 0.2) is 72.0 Å². The lowest BCUT2D eigenvalue weighted by Crippen LogP contribution is -2.31. The maximum absolute atomic E-state index is 11.4. The minimum Gasteiger partial charge on any atom is -0.344 e. The second kappa shape index (κ2) is 10.4. The van der Waals surface area contributed by atoms with Crippen LogP contribution in [0.2, 0.25) is 0 Å². The van der Waals surface area contributed by atoms with Gasteiger partial charge in [0, 0.05) is 36.1 Å². The third-order valence-corrected chi connectivity index (χ3v) is 6.91. The van der Waals surface area contributed by atoms with Gasteiger partial charge in [-0.05, 0) is 55.1 Å². The van der Waals surface area contributed by atoms with Crippen LogP contribution < -0.4 is 6.15 Å². The first-order valence-electron chi connectivity index (χ1n) is 11.1. The summed E-state index contributed by atoms with van der Waals surface area (Å²) in [5.74, 6) is 0. The van der Waals surface area contributed by atoms with Crippen molar-refractivity contribution in [2.75, 3.05) is 19.6 Å². The Morgan fingerprint density at radius 3 is 2.48 bits per heavy atom. The lowest BCUT2D eigenvalue weighted by molar-refractivity contribution is 0.231. The molecule has 3 heterocycles. The first-order chi connectivity index (χ1) is 15.7. The van der Waals surface area contributed by atoms with Gasteiger partial charge < -0.3 is 11.1 Å². The third-order valence-electron chi connectivity index (χ3n) is 6.19. The molecule has 0 spiro atoms. The average Bonchev–Trinajstić information content (AvgIpc) is 3.27. The summed E-state index contributed by atoms with van der Waals surface area (Å²) < 4.78 is 22.6. The topological polar surface area (TPSA) is 106 Å². The Labute approximate surface area is 196 Å². The zero-order valence-electron chi connectivity index (χ0n) is 18.6. The van der Waals surface area contributed by atoms with Crippen molar-refractivity contribution < 1.29 is 8.76 Å². The van der Waals surface area contributed by atoms with Crippen molar-refractivity contribution in [3.63, 3.8) is 0 Å². The lowest BCUT2D eigenvalue weighted by atomic mass is 10.0. The van der Waals surface area contributed by atoms with Crippen LogP contribution in [-0.4, -0.2) is 43.7 Å². The van der Waals surface area contributed by atoms with E-state index in [9.17, 15) is 8.76 Å². The number of hydrogen-bond acceptors (Lipinski definition) is 5. The molecule has 1 unspecified atom stereocenters. The molecule has 4 N–H and O–H groups in total. The number of fused-ring (bicyclic) bond motifs is 1. The summed E-state index contributed by atoms with van der Waals surface area (Å²) in [5, 5.41) is 4.47. The fourth-order valence-corrected chi connectivity index (χ4v) is 4.82. The number of hydrogen-bond donors (Lipinski definition) is 2. The number of likely N-dealkylation sites (tertiary alicyclic amines) is 1. The highest BCUT2D eigenvalue weighted by Crippen LogP contribution is 2.27. The molecule has 8 heteroatoms. The molecule has 1 saturated heterocycles. The van der Waals surface area contributed by atoms with Gasteiger partial charge in [0.1, 0.15) is 0 Å².